The molecule has 1 saturated heterocycles. The zero-order valence-electron chi connectivity index (χ0n) is 11.4. The van der Waals surface area contributed by atoms with E-state index in [1.165, 1.54) is 14.2 Å². The minimum Gasteiger partial charge on any atom is -0.497 e. The predicted octanol–water partition coefficient (Wildman–Crippen LogP) is 1.08. The lowest BCUT2D eigenvalue weighted by Gasteiger charge is -2.13. The number of amides is 1. The van der Waals surface area contributed by atoms with Crippen molar-refractivity contribution < 1.29 is 22.7 Å². The summed E-state index contributed by atoms with van der Waals surface area (Å²) < 4.78 is 33.0. The summed E-state index contributed by atoms with van der Waals surface area (Å²) >= 11 is 0. The molecule has 1 aliphatic rings. The molecular weight excluding hydrogens is 282 g/mol. The maximum atomic E-state index is 12.1. The molecule has 1 N–H and O–H groups in total. The van der Waals surface area contributed by atoms with Gasteiger partial charge in [0.25, 0.3) is 0 Å². The lowest BCUT2D eigenvalue weighted by molar-refractivity contribution is -0.119. The quantitative estimate of drug-likeness (QED) is 0.899. The molecule has 0 spiro atoms. The average Bonchev–Trinajstić information content (AvgIpc) is 2.79. The summed E-state index contributed by atoms with van der Waals surface area (Å²) in [4.78, 5) is 12.1. The van der Waals surface area contributed by atoms with Crippen LogP contribution in [0.25, 0.3) is 0 Å². The highest BCUT2D eigenvalue weighted by Crippen LogP contribution is 2.30. The zero-order chi connectivity index (χ0) is 14.8. The second-order valence-electron chi connectivity index (χ2n) is 4.66. The second kappa shape index (κ2) is 5.70. The Hall–Kier alpha value is -1.76. The Bertz CT molecular complexity index is 611. The van der Waals surface area contributed by atoms with Crippen LogP contribution in [0.1, 0.15) is 6.42 Å². The van der Waals surface area contributed by atoms with Gasteiger partial charge in [0, 0.05) is 6.07 Å². The van der Waals surface area contributed by atoms with Crippen LogP contribution in [0.3, 0.4) is 0 Å². The van der Waals surface area contributed by atoms with E-state index < -0.39 is 15.8 Å². The Morgan fingerprint density at radius 2 is 2.05 bits per heavy atom. The lowest BCUT2D eigenvalue weighted by Crippen LogP contribution is -2.23. The summed E-state index contributed by atoms with van der Waals surface area (Å²) in [5.74, 6) is 0.283. The average molecular weight is 299 g/mol. The van der Waals surface area contributed by atoms with Gasteiger partial charge < -0.3 is 14.8 Å². The Labute approximate surface area is 118 Å². The number of rotatable bonds is 4. The van der Waals surface area contributed by atoms with Crippen molar-refractivity contribution in [1.29, 1.82) is 0 Å². The summed E-state index contributed by atoms with van der Waals surface area (Å²) in [5.41, 5.74) is 0.502. The van der Waals surface area contributed by atoms with Crippen molar-refractivity contribution in [2.45, 2.75) is 6.42 Å². The van der Waals surface area contributed by atoms with Crippen molar-refractivity contribution in [2.24, 2.45) is 5.92 Å². The molecule has 1 amide bonds. The molecule has 1 atom stereocenters. The Morgan fingerprint density at radius 3 is 2.60 bits per heavy atom. The Kier molecular flexibility index (Phi) is 4.17. The first-order valence-electron chi connectivity index (χ1n) is 6.18. The number of anilines is 1. The van der Waals surface area contributed by atoms with Crippen molar-refractivity contribution in [1.82, 2.24) is 0 Å². The third kappa shape index (κ3) is 3.22. The van der Waals surface area contributed by atoms with Gasteiger partial charge in [-0.05, 0) is 18.6 Å². The highest BCUT2D eigenvalue weighted by Gasteiger charge is 2.33. The molecule has 0 saturated carbocycles. The fourth-order valence-electron chi connectivity index (χ4n) is 2.14. The van der Waals surface area contributed by atoms with Gasteiger partial charge in [-0.1, -0.05) is 0 Å². The van der Waals surface area contributed by atoms with Crippen LogP contribution in [0.4, 0.5) is 5.69 Å². The maximum Gasteiger partial charge on any atom is 0.228 e. The molecule has 1 fully saturated rings. The molecule has 1 aromatic carbocycles. The van der Waals surface area contributed by atoms with Gasteiger partial charge in [-0.25, -0.2) is 8.42 Å². The number of carbonyl (C=O) groups excluding carboxylic acids is 1. The fourth-order valence-corrected chi connectivity index (χ4v) is 3.88. The highest BCUT2D eigenvalue weighted by molar-refractivity contribution is 7.91. The van der Waals surface area contributed by atoms with Crippen LogP contribution in [0, 0.1) is 5.92 Å². The van der Waals surface area contributed by atoms with E-state index >= 15 is 0 Å². The number of hydrogen-bond donors (Lipinski definition) is 1. The first-order chi connectivity index (χ1) is 9.45. The van der Waals surface area contributed by atoms with Gasteiger partial charge in [0.05, 0.1) is 37.3 Å². The van der Waals surface area contributed by atoms with Crippen LogP contribution in [0.2, 0.25) is 0 Å². The van der Waals surface area contributed by atoms with Crippen LogP contribution >= 0.6 is 0 Å². The summed E-state index contributed by atoms with van der Waals surface area (Å²) in [6.45, 7) is 0. The van der Waals surface area contributed by atoms with Gasteiger partial charge in [-0.3, -0.25) is 4.79 Å². The number of hydrogen-bond acceptors (Lipinski definition) is 5. The smallest absolute Gasteiger partial charge is 0.228 e. The van der Waals surface area contributed by atoms with E-state index in [0.29, 0.717) is 23.6 Å². The molecule has 1 aliphatic heterocycles. The first kappa shape index (κ1) is 14.6. The van der Waals surface area contributed by atoms with Gasteiger partial charge >= 0.3 is 0 Å². The normalized spacial score (nSPS) is 20.4. The van der Waals surface area contributed by atoms with E-state index in [4.69, 9.17) is 9.47 Å². The summed E-state index contributed by atoms with van der Waals surface area (Å²) in [6, 6.07) is 5.02. The van der Waals surface area contributed by atoms with Gasteiger partial charge in [0.2, 0.25) is 5.91 Å². The summed E-state index contributed by atoms with van der Waals surface area (Å²) in [7, 11) is -0.0426. The van der Waals surface area contributed by atoms with E-state index in [2.05, 4.69) is 5.32 Å². The van der Waals surface area contributed by atoms with E-state index in [-0.39, 0.29) is 17.4 Å². The van der Waals surface area contributed by atoms with Crippen LogP contribution in [-0.2, 0) is 14.6 Å². The van der Waals surface area contributed by atoms with Gasteiger partial charge in [-0.2, -0.15) is 0 Å². The Morgan fingerprint density at radius 1 is 1.30 bits per heavy atom. The number of sulfone groups is 1. The molecule has 0 bridgehead atoms. The largest absolute Gasteiger partial charge is 0.497 e. The topological polar surface area (TPSA) is 81.7 Å². The van der Waals surface area contributed by atoms with E-state index in [1.54, 1.807) is 18.2 Å². The number of methoxy groups -OCH3 is 2. The Balaban J connectivity index is 2.12. The van der Waals surface area contributed by atoms with Crippen LogP contribution in [0.5, 0.6) is 11.5 Å². The number of carbonyl (C=O) groups is 1. The van der Waals surface area contributed by atoms with E-state index in [9.17, 15) is 13.2 Å². The highest BCUT2D eigenvalue weighted by atomic mass is 32.2. The monoisotopic (exact) mass is 299 g/mol. The molecule has 0 aromatic heterocycles. The molecule has 110 valence electrons. The lowest BCUT2D eigenvalue weighted by atomic mass is 10.1. The minimum atomic E-state index is -3.07. The summed E-state index contributed by atoms with van der Waals surface area (Å²) in [6.07, 6.45) is 0.368. The second-order valence-corrected chi connectivity index (χ2v) is 6.88. The SMILES string of the molecule is COc1ccc(NC(=O)[C@H]2CCS(=O)(=O)C2)c(OC)c1. The minimum absolute atomic E-state index is 0.0742. The third-order valence-electron chi connectivity index (χ3n) is 3.27. The predicted molar refractivity (Wildman–Crippen MR) is 74.9 cm³/mol. The fraction of sp³-hybridized carbons (Fsp3) is 0.462. The molecule has 0 unspecified atom stereocenters. The third-order valence-corrected chi connectivity index (χ3v) is 5.04. The molecule has 2 rings (SSSR count). The van der Waals surface area contributed by atoms with Crippen LogP contribution in [-0.4, -0.2) is 40.1 Å². The molecule has 1 heterocycles. The molecule has 20 heavy (non-hydrogen) atoms. The van der Waals surface area contributed by atoms with Crippen LogP contribution < -0.4 is 14.8 Å². The van der Waals surface area contributed by atoms with Crippen LogP contribution in [0.15, 0.2) is 18.2 Å². The molecule has 6 nitrogen and oxygen atoms in total. The first-order valence-corrected chi connectivity index (χ1v) is 8.00. The summed E-state index contributed by atoms with van der Waals surface area (Å²) in [5, 5.41) is 2.71. The van der Waals surface area contributed by atoms with E-state index in [1.807, 2.05) is 0 Å². The van der Waals surface area contributed by atoms with Gasteiger partial charge in [0.1, 0.15) is 11.5 Å². The number of benzene rings is 1. The van der Waals surface area contributed by atoms with Gasteiger partial charge in [0.15, 0.2) is 9.84 Å². The standard InChI is InChI=1S/C13H17NO5S/c1-18-10-3-4-11(12(7-10)19-2)14-13(15)9-5-6-20(16,17)8-9/h3-4,7,9H,5-6,8H2,1-2H3,(H,14,15)/t9-/m0/s1. The van der Waals surface area contributed by atoms with Gasteiger partial charge in [-0.15, -0.1) is 0 Å². The van der Waals surface area contributed by atoms with Crippen molar-refractivity contribution in [3.05, 3.63) is 18.2 Å². The van der Waals surface area contributed by atoms with Crippen molar-refractivity contribution in [3.63, 3.8) is 0 Å². The molecular formula is C13H17NO5S. The maximum absolute atomic E-state index is 12.1. The van der Waals surface area contributed by atoms with Crippen molar-refractivity contribution in [2.75, 3.05) is 31.0 Å². The van der Waals surface area contributed by atoms with Crippen molar-refractivity contribution in [3.8, 4) is 11.5 Å². The number of nitrogens with one attached hydrogen (secondary N) is 1. The molecule has 7 heteroatoms. The van der Waals surface area contributed by atoms with Crippen molar-refractivity contribution >= 4 is 21.4 Å². The zero-order valence-corrected chi connectivity index (χ0v) is 12.2. The van der Waals surface area contributed by atoms with E-state index in [0.717, 1.165) is 0 Å². The molecule has 0 radical (unpaired) electrons. The molecule has 1 aromatic rings. The number of ether oxygens (including phenoxy) is 2. The molecule has 0 aliphatic carbocycles.